The molecule has 1 heterocycles. The fourth-order valence-corrected chi connectivity index (χ4v) is 7.09. The first-order valence-electron chi connectivity index (χ1n) is 15.7. The van der Waals surface area contributed by atoms with Crippen molar-refractivity contribution in [1.29, 1.82) is 0 Å². The second-order valence-corrected chi connectivity index (χ2v) is 13.1. The van der Waals surface area contributed by atoms with Crippen LogP contribution in [0.2, 0.25) is 0 Å². The first kappa shape index (κ1) is 31.5. The number of ether oxygens (including phenoxy) is 3. The number of hydrogen-bond donors (Lipinski definition) is 3. The Morgan fingerprint density at radius 3 is 2.63 bits per heavy atom. The Hall–Kier alpha value is -2.95. The zero-order chi connectivity index (χ0) is 30.8. The van der Waals surface area contributed by atoms with Gasteiger partial charge in [-0.3, -0.25) is 14.4 Å². The van der Waals surface area contributed by atoms with E-state index in [1.54, 1.807) is 23.1 Å². The molecule has 1 aliphatic heterocycles. The predicted octanol–water partition coefficient (Wildman–Crippen LogP) is 2.85. The fourth-order valence-electron chi connectivity index (χ4n) is 7.09. The molecule has 236 valence electrons. The highest BCUT2D eigenvalue weighted by atomic mass is 16.5. The van der Waals surface area contributed by atoms with Crippen LogP contribution in [-0.2, 0) is 14.3 Å². The Labute approximate surface area is 253 Å². The molecule has 0 radical (unpaired) electrons. The van der Waals surface area contributed by atoms with Crippen LogP contribution < -0.4 is 14.8 Å². The summed E-state index contributed by atoms with van der Waals surface area (Å²) in [6.07, 6.45) is 5.46. The SMILES string of the molecule is COc1cc(C=O)cc2c1O[C@@H]1[C@@H](O)[C@H](N(CC3CC3)C(=O)CO[C@H]3C[C@@H](C)CC[C@@H]3C(C)C)C=C(C(=O)NCCO)[C@H]21. The lowest BCUT2D eigenvalue weighted by atomic mass is 9.75. The first-order chi connectivity index (χ1) is 20.7. The number of rotatable bonds is 12. The van der Waals surface area contributed by atoms with E-state index in [-0.39, 0.29) is 31.8 Å². The lowest BCUT2D eigenvalue weighted by Gasteiger charge is -2.41. The lowest BCUT2D eigenvalue weighted by molar-refractivity contribution is -0.147. The topological polar surface area (TPSA) is 135 Å². The first-order valence-corrected chi connectivity index (χ1v) is 15.7. The number of amides is 2. The zero-order valence-corrected chi connectivity index (χ0v) is 25.7. The molecular weight excluding hydrogens is 552 g/mol. The van der Waals surface area contributed by atoms with E-state index in [0.29, 0.717) is 64.7 Å². The van der Waals surface area contributed by atoms with E-state index in [1.165, 1.54) is 7.11 Å². The molecule has 0 bridgehead atoms. The standard InChI is InChI=1S/C33H46N2O8/c1-18(2)22-8-5-19(3)11-26(22)42-17-28(38)35(15-20-6-7-20)25-14-24(33(40)34-9-10-36)29-23-12-21(16-37)13-27(41-4)31(23)43-32(29)30(25)39/h12-14,16,18-20,22,25-26,29-30,32,36,39H,5-11,15,17H2,1-4H3,(H,34,40)/t19-,22+,25+,26-,29-,30-,32-/m0/s1. The van der Waals surface area contributed by atoms with Crippen LogP contribution >= 0.6 is 0 Å². The van der Waals surface area contributed by atoms with Crippen molar-refractivity contribution in [3.05, 3.63) is 34.9 Å². The normalized spacial score (nSPS) is 29.7. The van der Waals surface area contributed by atoms with Crippen LogP contribution in [0.4, 0.5) is 0 Å². The van der Waals surface area contributed by atoms with Gasteiger partial charge in [0, 0.05) is 29.8 Å². The number of carbonyl (C=O) groups is 3. The summed E-state index contributed by atoms with van der Waals surface area (Å²) in [5, 5.41) is 23.9. The van der Waals surface area contributed by atoms with Gasteiger partial charge in [0.2, 0.25) is 11.8 Å². The molecule has 2 amide bonds. The number of aliphatic hydroxyl groups excluding tert-OH is 2. The van der Waals surface area contributed by atoms with Gasteiger partial charge >= 0.3 is 0 Å². The van der Waals surface area contributed by atoms with Gasteiger partial charge in [-0.15, -0.1) is 0 Å². The van der Waals surface area contributed by atoms with E-state index < -0.39 is 30.1 Å². The van der Waals surface area contributed by atoms with Crippen LogP contribution in [0.15, 0.2) is 23.8 Å². The molecule has 0 spiro atoms. The molecular formula is C33H46N2O8. The van der Waals surface area contributed by atoms with Gasteiger partial charge in [-0.2, -0.15) is 0 Å². The Morgan fingerprint density at radius 2 is 1.98 bits per heavy atom. The molecule has 3 aliphatic carbocycles. The number of fused-ring (bicyclic) bond motifs is 3. The highest BCUT2D eigenvalue weighted by Gasteiger charge is 2.52. The number of aldehydes is 1. The number of aliphatic hydroxyl groups is 2. The Balaban J connectivity index is 1.46. The van der Waals surface area contributed by atoms with Crippen LogP contribution in [0.3, 0.4) is 0 Å². The molecule has 3 N–H and O–H groups in total. The van der Waals surface area contributed by atoms with E-state index in [9.17, 15) is 24.6 Å². The van der Waals surface area contributed by atoms with E-state index in [2.05, 4.69) is 26.1 Å². The third-order valence-electron chi connectivity index (χ3n) is 9.63. The number of nitrogens with zero attached hydrogens (tertiary/aromatic N) is 1. The summed E-state index contributed by atoms with van der Waals surface area (Å²) >= 11 is 0. The zero-order valence-electron chi connectivity index (χ0n) is 25.7. The van der Waals surface area contributed by atoms with Crippen LogP contribution in [0.1, 0.15) is 74.7 Å². The van der Waals surface area contributed by atoms with Crippen LogP contribution in [-0.4, -0.2) is 91.0 Å². The summed E-state index contributed by atoms with van der Waals surface area (Å²) in [6.45, 7) is 6.79. The maximum atomic E-state index is 13.9. The summed E-state index contributed by atoms with van der Waals surface area (Å²) in [5.74, 6) is 1.04. The van der Waals surface area contributed by atoms with Gasteiger partial charge in [0.15, 0.2) is 11.5 Å². The summed E-state index contributed by atoms with van der Waals surface area (Å²) in [5.41, 5.74) is 1.22. The molecule has 0 aromatic heterocycles. The highest BCUT2D eigenvalue weighted by Crippen LogP contribution is 2.51. The molecule has 0 unspecified atom stereocenters. The molecule has 10 nitrogen and oxygen atoms in total. The van der Waals surface area contributed by atoms with Crippen molar-refractivity contribution in [2.24, 2.45) is 23.7 Å². The summed E-state index contributed by atoms with van der Waals surface area (Å²) in [4.78, 5) is 40.8. The Bertz CT molecular complexity index is 1230. The second-order valence-electron chi connectivity index (χ2n) is 13.1. The maximum Gasteiger partial charge on any atom is 0.249 e. The fraction of sp³-hybridized carbons (Fsp3) is 0.667. The largest absolute Gasteiger partial charge is 0.493 e. The van der Waals surface area contributed by atoms with Crippen LogP contribution in [0.5, 0.6) is 11.5 Å². The third-order valence-corrected chi connectivity index (χ3v) is 9.63. The molecule has 7 atom stereocenters. The number of methoxy groups -OCH3 is 1. The molecule has 4 aliphatic rings. The van der Waals surface area contributed by atoms with Crippen molar-refractivity contribution < 1.29 is 38.8 Å². The average Bonchev–Trinajstić information content (AvgIpc) is 3.74. The van der Waals surface area contributed by atoms with Crippen LogP contribution in [0.25, 0.3) is 0 Å². The van der Waals surface area contributed by atoms with Crippen molar-refractivity contribution >= 4 is 18.1 Å². The Kier molecular flexibility index (Phi) is 9.78. The second kappa shape index (κ2) is 13.4. The lowest BCUT2D eigenvalue weighted by Crippen LogP contribution is -2.57. The number of carbonyl (C=O) groups excluding carboxylic acids is 3. The van der Waals surface area contributed by atoms with E-state index in [0.717, 1.165) is 32.1 Å². The minimum Gasteiger partial charge on any atom is -0.493 e. The molecule has 5 rings (SSSR count). The predicted molar refractivity (Wildman–Crippen MR) is 159 cm³/mol. The minimum atomic E-state index is -1.16. The maximum absolute atomic E-state index is 13.9. The molecule has 2 saturated carbocycles. The van der Waals surface area contributed by atoms with Crippen molar-refractivity contribution in [3.63, 3.8) is 0 Å². The number of hydrogen-bond acceptors (Lipinski definition) is 8. The molecule has 0 saturated heterocycles. The van der Waals surface area contributed by atoms with Gasteiger partial charge < -0.3 is 34.6 Å². The number of benzene rings is 1. The van der Waals surface area contributed by atoms with Gasteiger partial charge in [-0.05, 0) is 67.6 Å². The van der Waals surface area contributed by atoms with E-state index in [4.69, 9.17) is 14.2 Å². The van der Waals surface area contributed by atoms with E-state index in [1.807, 2.05) is 0 Å². The summed E-state index contributed by atoms with van der Waals surface area (Å²) in [7, 11) is 1.46. The Morgan fingerprint density at radius 1 is 1.21 bits per heavy atom. The molecule has 10 heteroatoms. The smallest absolute Gasteiger partial charge is 0.249 e. The van der Waals surface area contributed by atoms with Gasteiger partial charge in [-0.25, -0.2) is 0 Å². The van der Waals surface area contributed by atoms with E-state index >= 15 is 0 Å². The van der Waals surface area contributed by atoms with Gasteiger partial charge in [0.25, 0.3) is 0 Å². The van der Waals surface area contributed by atoms with Crippen LogP contribution in [0, 0.1) is 23.7 Å². The third kappa shape index (κ3) is 6.61. The van der Waals surface area contributed by atoms with Crippen molar-refractivity contribution in [2.45, 2.75) is 83.1 Å². The summed E-state index contributed by atoms with van der Waals surface area (Å²) < 4.78 is 18.1. The monoisotopic (exact) mass is 598 g/mol. The van der Waals surface area contributed by atoms with Gasteiger partial charge in [0.05, 0.1) is 31.8 Å². The summed E-state index contributed by atoms with van der Waals surface area (Å²) in [6, 6.07) is 2.37. The molecule has 1 aromatic carbocycles. The van der Waals surface area contributed by atoms with Gasteiger partial charge in [-0.1, -0.05) is 27.2 Å². The van der Waals surface area contributed by atoms with Crippen molar-refractivity contribution in [2.75, 3.05) is 33.4 Å². The van der Waals surface area contributed by atoms with Crippen molar-refractivity contribution in [3.8, 4) is 11.5 Å². The minimum absolute atomic E-state index is 0.00126. The average molecular weight is 599 g/mol. The molecule has 2 fully saturated rings. The van der Waals surface area contributed by atoms with Crippen molar-refractivity contribution in [1.82, 2.24) is 10.2 Å². The molecule has 43 heavy (non-hydrogen) atoms. The quantitative estimate of drug-likeness (QED) is 0.313. The number of nitrogens with one attached hydrogen (secondary N) is 1. The van der Waals surface area contributed by atoms with Gasteiger partial charge in [0.1, 0.15) is 25.1 Å². The molecule has 1 aromatic rings. The highest BCUT2D eigenvalue weighted by molar-refractivity contribution is 5.96.